The molecule has 8 heteroatoms. The summed E-state index contributed by atoms with van der Waals surface area (Å²) in [5.74, 6) is 1.64. The normalized spacial score (nSPS) is 10.6. The number of hydrogen-bond donors (Lipinski definition) is 2. The molecule has 0 atom stereocenters. The molecule has 0 aliphatic heterocycles. The standard InChI is InChI=1S/C16H15ClN6S/c1-10-5-2-3-7-12(10)20-16-22-13(21-15(18)23-16)9-24-14-11(17)6-4-8-19-14/h2-8H,9H2,1H3,(H3,18,20,21,22,23). The van der Waals surface area contributed by atoms with Gasteiger partial charge in [-0.25, -0.2) is 4.98 Å². The van der Waals surface area contributed by atoms with Crippen molar-refractivity contribution in [3.63, 3.8) is 0 Å². The van der Waals surface area contributed by atoms with Gasteiger partial charge in [0.25, 0.3) is 0 Å². The molecular weight excluding hydrogens is 344 g/mol. The van der Waals surface area contributed by atoms with Crippen LogP contribution in [0.5, 0.6) is 0 Å². The van der Waals surface area contributed by atoms with Crippen LogP contribution in [0.25, 0.3) is 0 Å². The van der Waals surface area contributed by atoms with Crippen LogP contribution >= 0.6 is 23.4 Å². The van der Waals surface area contributed by atoms with Gasteiger partial charge >= 0.3 is 0 Å². The Bertz CT molecular complexity index is 857. The summed E-state index contributed by atoms with van der Waals surface area (Å²) in [6, 6.07) is 11.5. The molecule has 3 aromatic rings. The number of para-hydroxylation sites is 1. The minimum atomic E-state index is 0.170. The van der Waals surface area contributed by atoms with Gasteiger partial charge in [0.2, 0.25) is 11.9 Å². The topological polar surface area (TPSA) is 89.6 Å². The van der Waals surface area contributed by atoms with Gasteiger partial charge in [-0.2, -0.15) is 15.0 Å². The average Bonchev–Trinajstić information content (AvgIpc) is 2.56. The Morgan fingerprint density at radius 1 is 1.12 bits per heavy atom. The summed E-state index contributed by atoms with van der Waals surface area (Å²) in [7, 11) is 0. The van der Waals surface area contributed by atoms with Crippen LogP contribution in [0, 0.1) is 6.92 Å². The molecule has 3 N–H and O–H groups in total. The Balaban J connectivity index is 1.77. The molecule has 0 radical (unpaired) electrons. The molecule has 0 unspecified atom stereocenters. The Kier molecular flexibility index (Phi) is 5.12. The van der Waals surface area contributed by atoms with E-state index >= 15 is 0 Å². The zero-order valence-corrected chi connectivity index (χ0v) is 14.5. The highest BCUT2D eigenvalue weighted by Gasteiger charge is 2.08. The minimum absolute atomic E-state index is 0.170. The first-order chi connectivity index (χ1) is 11.6. The van der Waals surface area contributed by atoms with Crippen LogP contribution in [0.3, 0.4) is 0 Å². The smallest absolute Gasteiger partial charge is 0.232 e. The zero-order chi connectivity index (χ0) is 16.9. The lowest BCUT2D eigenvalue weighted by Crippen LogP contribution is -2.07. The summed E-state index contributed by atoms with van der Waals surface area (Å²) in [6.45, 7) is 2.01. The van der Waals surface area contributed by atoms with E-state index < -0.39 is 0 Å². The second kappa shape index (κ2) is 7.46. The van der Waals surface area contributed by atoms with Crippen LogP contribution in [0.15, 0.2) is 47.6 Å². The SMILES string of the molecule is Cc1ccccc1Nc1nc(N)nc(CSc2ncccc2Cl)n1. The number of nitrogens with zero attached hydrogens (tertiary/aromatic N) is 4. The number of nitrogens with two attached hydrogens (primary N) is 1. The van der Waals surface area contributed by atoms with Crippen molar-refractivity contribution in [2.24, 2.45) is 0 Å². The van der Waals surface area contributed by atoms with E-state index in [1.165, 1.54) is 11.8 Å². The van der Waals surface area contributed by atoms with Crippen LogP contribution in [0.4, 0.5) is 17.6 Å². The number of anilines is 3. The van der Waals surface area contributed by atoms with Crippen molar-refractivity contribution < 1.29 is 0 Å². The summed E-state index contributed by atoms with van der Waals surface area (Å²) in [4.78, 5) is 16.9. The van der Waals surface area contributed by atoms with Crippen molar-refractivity contribution in [2.45, 2.75) is 17.7 Å². The summed E-state index contributed by atoms with van der Waals surface area (Å²) >= 11 is 7.55. The van der Waals surface area contributed by atoms with Gasteiger partial charge in [-0.05, 0) is 30.7 Å². The first-order valence-corrected chi connectivity index (χ1v) is 8.54. The molecule has 0 amide bonds. The molecule has 0 aliphatic rings. The quantitative estimate of drug-likeness (QED) is 0.669. The van der Waals surface area contributed by atoms with Crippen molar-refractivity contribution in [3.8, 4) is 0 Å². The Morgan fingerprint density at radius 3 is 2.75 bits per heavy atom. The number of rotatable bonds is 5. The van der Waals surface area contributed by atoms with Gasteiger partial charge in [0.05, 0.1) is 10.8 Å². The first kappa shape index (κ1) is 16.5. The highest BCUT2D eigenvalue weighted by Crippen LogP contribution is 2.27. The lowest BCUT2D eigenvalue weighted by atomic mass is 10.2. The average molecular weight is 359 g/mol. The molecule has 0 saturated heterocycles. The maximum absolute atomic E-state index is 6.10. The summed E-state index contributed by atoms with van der Waals surface area (Å²) in [5.41, 5.74) is 7.81. The van der Waals surface area contributed by atoms with E-state index in [9.17, 15) is 0 Å². The second-order valence-corrected chi connectivity index (χ2v) is 6.32. The molecule has 24 heavy (non-hydrogen) atoms. The Labute approximate surface area is 148 Å². The largest absolute Gasteiger partial charge is 0.368 e. The predicted octanol–water partition coefficient (Wildman–Crippen LogP) is 3.85. The van der Waals surface area contributed by atoms with Crippen molar-refractivity contribution in [3.05, 3.63) is 59.0 Å². The van der Waals surface area contributed by atoms with Gasteiger partial charge in [-0.3, -0.25) is 0 Å². The minimum Gasteiger partial charge on any atom is -0.368 e. The molecule has 2 heterocycles. The number of thioether (sulfide) groups is 1. The lowest BCUT2D eigenvalue weighted by Gasteiger charge is -2.09. The van der Waals surface area contributed by atoms with E-state index in [2.05, 4.69) is 25.3 Å². The number of aromatic nitrogens is 4. The lowest BCUT2D eigenvalue weighted by molar-refractivity contribution is 0.979. The number of halogens is 1. The Hall–Kier alpha value is -2.38. The van der Waals surface area contributed by atoms with E-state index in [1.807, 2.05) is 31.2 Å². The van der Waals surface area contributed by atoms with Gasteiger partial charge in [-0.1, -0.05) is 41.6 Å². The first-order valence-electron chi connectivity index (χ1n) is 7.18. The molecule has 122 valence electrons. The maximum Gasteiger partial charge on any atom is 0.232 e. The van der Waals surface area contributed by atoms with Crippen molar-refractivity contribution in [1.82, 2.24) is 19.9 Å². The van der Waals surface area contributed by atoms with Crippen LogP contribution in [-0.4, -0.2) is 19.9 Å². The van der Waals surface area contributed by atoms with E-state index in [4.69, 9.17) is 17.3 Å². The van der Waals surface area contributed by atoms with Gasteiger partial charge < -0.3 is 11.1 Å². The third-order valence-electron chi connectivity index (χ3n) is 3.15. The van der Waals surface area contributed by atoms with Gasteiger partial charge in [0.1, 0.15) is 10.9 Å². The third-order valence-corrected chi connectivity index (χ3v) is 4.57. The molecular formula is C16H15ClN6S. The molecule has 0 spiro atoms. The fourth-order valence-corrected chi connectivity index (χ4v) is 3.02. The van der Waals surface area contributed by atoms with Crippen molar-refractivity contribution >= 4 is 40.9 Å². The van der Waals surface area contributed by atoms with Gasteiger partial charge in [0, 0.05) is 11.9 Å². The van der Waals surface area contributed by atoms with E-state index in [0.717, 1.165) is 16.3 Å². The van der Waals surface area contributed by atoms with Crippen molar-refractivity contribution in [1.29, 1.82) is 0 Å². The van der Waals surface area contributed by atoms with E-state index in [-0.39, 0.29) is 5.95 Å². The number of hydrogen-bond acceptors (Lipinski definition) is 7. The maximum atomic E-state index is 6.10. The predicted molar refractivity (Wildman–Crippen MR) is 97.5 cm³/mol. The number of nitrogen functional groups attached to an aromatic ring is 1. The van der Waals surface area contributed by atoms with Crippen LogP contribution in [0.1, 0.15) is 11.4 Å². The second-order valence-electron chi connectivity index (χ2n) is 4.95. The number of aryl methyl sites for hydroxylation is 1. The molecule has 6 nitrogen and oxygen atoms in total. The molecule has 2 aromatic heterocycles. The Morgan fingerprint density at radius 2 is 1.96 bits per heavy atom. The fourth-order valence-electron chi connectivity index (χ4n) is 2.00. The molecule has 0 saturated carbocycles. The monoisotopic (exact) mass is 358 g/mol. The molecule has 0 fully saturated rings. The summed E-state index contributed by atoms with van der Waals surface area (Å²) in [5, 5.41) is 4.50. The van der Waals surface area contributed by atoms with Gasteiger partial charge in [-0.15, -0.1) is 0 Å². The molecule has 3 rings (SSSR count). The van der Waals surface area contributed by atoms with E-state index in [0.29, 0.717) is 22.5 Å². The summed E-state index contributed by atoms with van der Waals surface area (Å²) in [6.07, 6.45) is 1.70. The molecule has 0 bridgehead atoms. The third kappa shape index (κ3) is 4.12. The number of pyridine rings is 1. The van der Waals surface area contributed by atoms with Crippen LogP contribution < -0.4 is 11.1 Å². The highest BCUT2D eigenvalue weighted by molar-refractivity contribution is 7.98. The van der Waals surface area contributed by atoms with Crippen molar-refractivity contribution in [2.75, 3.05) is 11.1 Å². The number of benzene rings is 1. The molecule has 0 aliphatic carbocycles. The number of nitrogens with one attached hydrogen (secondary N) is 1. The zero-order valence-electron chi connectivity index (χ0n) is 12.9. The molecule has 1 aromatic carbocycles. The fraction of sp³-hybridized carbons (Fsp3) is 0.125. The van der Waals surface area contributed by atoms with Crippen LogP contribution in [0.2, 0.25) is 5.02 Å². The van der Waals surface area contributed by atoms with E-state index in [1.54, 1.807) is 18.3 Å². The highest BCUT2D eigenvalue weighted by atomic mass is 35.5. The van der Waals surface area contributed by atoms with Crippen LogP contribution in [-0.2, 0) is 5.75 Å². The summed E-state index contributed by atoms with van der Waals surface area (Å²) < 4.78 is 0. The van der Waals surface area contributed by atoms with Gasteiger partial charge in [0.15, 0.2) is 0 Å².